The molecule has 0 radical (unpaired) electrons. The van der Waals surface area contributed by atoms with Crippen LogP contribution in [0.5, 0.6) is 6.01 Å². The lowest BCUT2D eigenvalue weighted by Crippen LogP contribution is -2.54. The van der Waals surface area contributed by atoms with Crippen LogP contribution < -0.4 is 25.2 Å². The van der Waals surface area contributed by atoms with Gasteiger partial charge in [-0.25, -0.2) is 19.9 Å². The van der Waals surface area contributed by atoms with Gasteiger partial charge in [0.05, 0.1) is 23.2 Å². The molecule has 294 valence electrons. The van der Waals surface area contributed by atoms with E-state index in [0.29, 0.717) is 25.5 Å². The average Bonchev–Trinajstić information content (AvgIpc) is 3.80. The fourth-order valence-electron chi connectivity index (χ4n) is 8.56. The fraction of sp³-hybridized carbons (Fsp3) is 0.326. The van der Waals surface area contributed by atoms with Crippen LogP contribution in [0.25, 0.3) is 22.0 Å². The van der Waals surface area contributed by atoms with Crippen molar-refractivity contribution in [1.29, 1.82) is 0 Å². The van der Waals surface area contributed by atoms with Crippen LogP contribution in [0.3, 0.4) is 0 Å². The zero-order valence-electron chi connectivity index (χ0n) is 31.8. The molecule has 2 atom stereocenters. The van der Waals surface area contributed by atoms with E-state index < -0.39 is 29.7 Å². The highest BCUT2D eigenvalue weighted by Gasteiger charge is 2.45. The third-order valence-corrected chi connectivity index (χ3v) is 11.5. The first-order valence-corrected chi connectivity index (χ1v) is 19.7. The second kappa shape index (κ2) is 15.3. The van der Waals surface area contributed by atoms with Crippen LogP contribution in [-0.4, -0.2) is 91.7 Å². The van der Waals surface area contributed by atoms with Gasteiger partial charge >= 0.3 is 6.01 Å². The Morgan fingerprint density at radius 2 is 1.59 bits per heavy atom. The first-order valence-electron chi connectivity index (χ1n) is 19.7. The molecule has 3 aromatic carbocycles. The molecule has 15 heteroatoms. The predicted molar refractivity (Wildman–Crippen MR) is 214 cm³/mol. The molecule has 4 aliphatic rings. The molecule has 0 bridgehead atoms. The number of rotatable bonds is 9. The summed E-state index contributed by atoms with van der Waals surface area (Å²) >= 11 is 0. The smallest absolute Gasteiger partial charge is 0.316 e. The Morgan fingerprint density at radius 1 is 0.828 bits per heavy atom. The SMILES string of the molecule is CC(=O)N(c1ccc(-c2cnc(O[C@@H]3CCN(c4ccc5c(c4)C(=O)N(C4CCC(=O)NC4=O)C5=O)C3)nc2)cc1)C1CCC(Nc2ncc3ccccc3n2)CC1. The quantitative estimate of drug-likeness (QED) is 0.193. The van der Waals surface area contributed by atoms with Crippen LogP contribution in [0, 0.1) is 0 Å². The maximum absolute atomic E-state index is 13.3. The number of hydrogen-bond acceptors (Lipinski definition) is 12. The molecule has 2 saturated heterocycles. The monoisotopic (exact) mass is 779 g/mol. The summed E-state index contributed by atoms with van der Waals surface area (Å²) in [4.78, 5) is 86.5. The van der Waals surface area contributed by atoms with E-state index in [1.54, 1.807) is 37.5 Å². The number of para-hydroxylation sites is 1. The third kappa shape index (κ3) is 7.19. The van der Waals surface area contributed by atoms with Gasteiger partial charge in [0.1, 0.15) is 12.1 Å². The van der Waals surface area contributed by atoms with Gasteiger partial charge in [-0.3, -0.25) is 34.2 Å². The molecule has 5 heterocycles. The number of amides is 5. The molecule has 15 nitrogen and oxygen atoms in total. The minimum atomic E-state index is -1.01. The van der Waals surface area contributed by atoms with Crippen molar-refractivity contribution in [3.63, 3.8) is 0 Å². The zero-order chi connectivity index (χ0) is 39.9. The number of benzene rings is 3. The number of carbonyl (C=O) groups is 5. The van der Waals surface area contributed by atoms with Crippen molar-refractivity contribution >= 4 is 57.8 Å². The Labute approximate surface area is 333 Å². The lowest BCUT2D eigenvalue weighted by molar-refractivity contribution is -0.136. The highest BCUT2D eigenvalue weighted by Crippen LogP contribution is 2.34. The maximum Gasteiger partial charge on any atom is 0.316 e. The number of carbonyl (C=O) groups excluding carboxylic acids is 5. The Balaban J connectivity index is 0.786. The molecular formula is C43H41N9O6. The average molecular weight is 780 g/mol. The second-order valence-electron chi connectivity index (χ2n) is 15.2. The van der Waals surface area contributed by atoms with Crippen molar-refractivity contribution in [3.05, 3.63) is 96.4 Å². The molecular weight excluding hydrogens is 739 g/mol. The summed E-state index contributed by atoms with van der Waals surface area (Å²) in [5.74, 6) is -1.48. The lowest BCUT2D eigenvalue weighted by Gasteiger charge is -2.36. The van der Waals surface area contributed by atoms with E-state index in [-0.39, 0.29) is 54.1 Å². The van der Waals surface area contributed by atoms with E-state index in [1.165, 1.54) is 0 Å². The van der Waals surface area contributed by atoms with Crippen LogP contribution in [0.4, 0.5) is 17.3 Å². The van der Waals surface area contributed by atoms with Gasteiger partial charge in [0.25, 0.3) is 11.8 Å². The molecule has 9 rings (SSSR count). The Morgan fingerprint density at radius 3 is 2.34 bits per heavy atom. The number of hydrogen-bond donors (Lipinski definition) is 2. The standard InChI is InChI=1S/C43H41N9O6/c1-25(53)51(31-12-8-29(9-13-31)47-42-44-21-27-4-2-3-5-36(27)48-42)30-10-6-26(7-11-30)28-22-45-43(46-23-28)58-33-18-19-50(24-33)32-14-15-34-35(20-32)41(57)52(40(34)56)37-16-17-38(54)49-39(37)55/h2-7,10-11,14-15,20-23,29,31,33,37H,8-9,12-13,16-19,24H2,1H3,(H,44,47,48)(H,49,54,55)/t29?,31?,33-,37?/m1/s1. The van der Waals surface area contributed by atoms with E-state index in [2.05, 4.69) is 35.5 Å². The van der Waals surface area contributed by atoms with E-state index in [0.717, 1.165) is 64.0 Å². The Hall–Kier alpha value is -6.77. The molecule has 3 fully saturated rings. The molecule has 1 unspecified atom stereocenters. The van der Waals surface area contributed by atoms with Crippen molar-refractivity contribution in [2.24, 2.45) is 0 Å². The van der Waals surface area contributed by atoms with Crippen LogP contribution in [0.1, 0.15) is 72.6 Å². The van der Waals surface area contributed by atoms with E-state index in [1.807, 2.05) is 59.6 Å². The number of fused-ring (bicyclic) bond motifs is 2. The number of aromatic nitrogens is 4. The van der Waals surface area contributed by atoms with Crippen molar-refractivity contribution in [3.8, 4) is 17.1 Å². The summed E-state index contributed by atoms with van der Waals surface area (Å²) in [5.41, 5.74) is 4.72. The third-order valence-electron chi connectivity index (χ3n) is 11.5. The van der Waals surface area contributed by atoms with Crippen LogP contribution in [0.2, 0.25) is 0 Å². The fourth-order valence-corrected chi connectivity index (χ4v) is 8.56. The highest BCUT2D eigenvalue weighted by atomic mass is 16.5. The number of nitrogens with one attached hydrogen (secondary N) is 2. The zero-order valence-corrected chi connectivity index (χ0v) is 31.8. The molecule has 5 amide bonds. The number of anilines is 3. The summed E-state index contributed by atoms with van der Waals surface area (Å²) in [6, 6.07) is 20.5. The number of imide groups is 2. The maximum atomic E-state index is 13.3. The number of ether oxygens (including phenoxy) is 1. The first-order chi connectivity index (χ1) is 28.2. The highest BCUT2D eigenvalue weighted by molar-refractivity contribution is 6.23. The normalized spacial score (nSPS) is 21.9. The van der Waals surface area contributed by atoms with Gasteiger partial charge in [0.2, 0.25) is 23.7 Å². The number of nitrogens with zero attached hydrogens (tertiary/aromatic N) is 7. The van der Waals surface area contributed by atoms with Gasteiger partial charge in [-0.05, 0) is 74.1 Å². The van der Waals surface area contributed by atoms with Gasteiger partial charge in [-0.15, -0.1) is 0 Å². The largest absolute Gasteiger partial charge is 0.458 e. The molecule has 3 aliphatic heterocycles. The molecule has 2 aromatic heterocycles. The molecule has 1 aliphatic carbocycles. The van der Waals surface area contributed by atoms with Crippen molar-refractivity contribution in [1.82, 2.24) is 30.2 Å². The predicted octanol–water partition coefficient (Wildman–Crippen LogP) is 4.92. The Kier molecular flexibility index (Phi) is 9.71. The van der Waals surface area contributed by atoms with Crippen molar-refractivity contribution < 1.29 is 28.7 Å². The van der Waals surface area contributed by atoms with Gasteiger partial charge in [0, 0.05) is 79.3 Å². The first kappa shape index (κ1) is 36.8. The second-order valence-corrected chi connectivity index (χ2v) is 15.2. The Bertz CT molecular complexity index is 2430. The molecule has 58 heavy (non-hydrogen) atoms. The van der Waals surface area contributed by atoms with Crippen LogP contribution >= 0.6 is 0 Å². The van der Waals surface area contributed by atoms with E-state index >= 15 is 0 Å². The van der Waals surface area contributed by atoms with Gasteiger partial charge in [0.15, 0.2) is 0 Å². The topological polar surface area (TPSA) is 180 Å². The van der Waals surface area contributed by atoms with E-state index in [9.17, 15) is 24.0 Å². The summed E-state index contributed by atoms with van der Waals surface area (Å²) in [6.45, 7) is 2.79. The summed E-state index contributed by atoms with van der Waals surface area (Å²) < 4.78 is 6.15. The van der Waals surface area contributed by atoms with E-state index in [4.69, 9.17) is 4.74 Å². The van der Waals surface area contributed by atoms with Crippen LogP contribution in [0.15, 0.2) is 85.3 Å². The summed E-state index contributed by atoms with van der Waals surface area (Å²) in [6.07, 6.45) is 9.47. The molecule has 0 spiro atoms. The minimum Gasteiger partial charge on any atom is -0.458 e. The summed E-state index contributed by atoms with van der Waals surface area (Å²) in [7, 11) is 0. The van der Waals surface area contributed by atoms with Gasteiger partial charge < -0.3 is 19.9 Å². The summed E-state index contributed by atoms with van der Waals surface area (Å²) in [5, 5.41) is 6.72. The molecule has 2 N–H and O–H groups in total. The molecule has 1 saturated carbocycles. The number of piperidine rings is 1. The van der Waals surface area contributed by atoms with Crippen molar-refractivity contribution in [2.45, 2.75) is 76.1 Å². The van der Waals surface area contributed by atoms with Gasteiger partial charge in [-0.1, -0.05) is 30.3 Å². The molecule has 5 aromatic rings. The minimum absolute atomic E-state index is 0.00789. The van der Waals surface area contributed by atoms with Crippen molar-refractivity contribution in [2.75, 3.05) is 28.2 Å². The lowest BCUT2D eigenvalue weighted by atomic mass is 9.89. The van der Waals surface area contributed by atoms with Crippen LogP contribution in [-0.2, 0) is 14.4 Å². The van der Waals surface area contributed by atoms with Gasteiger partial charge in [-0.2, -0.15) is 0 Å².